The Hall–Kier alpha value is -2.35. The van der Waals surface area contributed by atoms with E-state index >= 15 is 0 Å². The summed E-state index contributed by atoms with van der Waals surface area (Å²) in [6.45, 7) is 2.16. The van der Waals surface area contributed by atoms with Crippen molar-refractivity contribution in [2.24, 2.45) is 5.16 Å². The van der Waals surface area contributed by atoms with Crippen LogP contribution in [-0.2, 0) is 31.1 Å². The van der Waals surface area contributed by atoms with Crippen LogP contribution in [0, 0.1) is 0 Å². The molecule has 26 heavy (non-hydrogen) atoms. The number of rotatable bonds is 10. The SMILES string of the molecule is CCOC(=O)[C@H](Sc1ccccc1)[C@H](/C=N/OCc1ccccc1)O[O]. The number of hydrogen-bond acceptors (Lipinski definition) is 6. The highest BCUT2D eigenvalue weighted by Gasteiger charge is 2.32. The Kier molecular flexibility index (Phi) is 8.68. The molecule has 0 saturated heterocycles. The van der Waals surface area contributed by atoms with Gasteiger partial charge in [-0.15, -0.1) is 11.8 Å². The Balaban J connectivity index is 2.02. The van der Waals surface area contributed by atoms with Crippen molar-refractivity contribution in [3.63, 3.8) is 0 Å². The molecule has 0 aliphatic rings. The second-order valence-electron chi connectivity index (χ2n) is 5.18. The molecule has 0 amide bonds. The van der Waals surface area contributed by atoms with Crippen LogP contribution in [-0.4, -0.2) is 30.1 Å². The first-order valence-corrected chi connectivity index (χ1v) is 8.99. The molecule has 0 heterocycles. The van der Waals surface area contributed by atoms with Crippen molar-refractivity contribution in [3.05, 3.63) is 66.2 Å². The minimum atomic E-state index is -1.13. The Morgan fingerprint density at radius 1 is 1.12 bits per heavy atom. The van der Waals surface area contributed by atoms with Gasteiger partial charge in [-0.05, 0) is 29.9 Å². The van der Waals surface area contributed by atoms with Gasteiger partial charge in [0.25, 0.3) is 0 Å². The van der Waals surface area contributed by atoms with E-state index in [1.165, 1.54) is 18.0 Å². The molecule has 7 heteroatoms. The van der Waals surface area contributed by atoms with Gasteiger partial charge in [-0.2, -0.15) is 4.89 Å². The molecule has 1 radical (unpaired) electrons. The van der Waals surface area contributed by atoms with E-state index in [2.05, 4.69) is 10.0 Å². The lowest BCUT2D eigenvalue weighted by molar-refractivity contribution is -0.317. The van der Waals surface area contributed by atoms with Gasteiger partial charge in [-0.1, -0.05) is 53.7 Å². The number of esters is 1. The predicted molar refractivity (Wildman–Crippen MR) is 98.0 cm³/mol. The average molecular weight is 374 g/mol. The van der Waals surface area contributed by atoms with Crippen LogP contribution >= 0.6 is 11.8 Å². The zero-order valence-electron chi connectivity index (χ0n) is 14.3. The fourth-order valence-corrected chi connectivity index (χ4v) is 3.08. The normalized spacial score (nSPS) is 13.3. The van der Waals surface area contributed by atoms with Crippen molar-refractivity contribution < 1.29 is 24.5 Å². The smallest absolute Gasteiger partial charge is 0.322 e. The number of carbonyl (C=O) groups is 1. The maximum absolute atomic E-state index is 12.2. The number of thioether (sulfide) groups is 1. The van der Waals surface area contributed by atoms with Crippen LogP contribution in [0.15, 0.2) is 70.7 Å². The van der Waals surface area contributed by atoms with Crippen LogP contribution < -0.4 is 0 Å². The molecule has 137 valence electrons. The molecule has 0 fully saturated rings. The Morgan fingerprint density at radius 2 is 1.77 bits per heavy atom. The van der Waals surface area contributed by atoms with E-state index in [0.717, 1.165) is 10.5 Å². The van der Waals surface area contributed by atoms with Crippen molar-refractivity contribution in [2.45, 2.75) is 29.8 Å². The summed E-state index contributed by atoms with van der Waals surface area (Å²) in [6.07, 6.45) is 0.0584. The van der Waals surface area contributed by atoms with Gasteiger partial charge in [0.1, 0.15) is 11.9 Å². The molecule has 2 aromatic rings. The highest BCUT2D eigenvalue weighted by atomic mass is 32.2. The van der Waals surface area contributed by atoms with Crippen molar-refractivity contribution in [3.8, 4) is 0 Å². The second kappa shape index (κ2) is 11.3. The van der Waals surface area contributed by atoms with Crippen LogP contribution in [0.4, 0.5) is 0 Å². The van der Waals surface area contributed by atoms with E-state index < -0.39 is 17.3 Å². The zero-order valence-corrected chi connectivity index (χ0v) is 15.1. The van der Waals surface area contributed by atoms with Gasteiger partial charge < -0.3 is 9.57 Å². The minimum Gasteiger partial charge on any atom is -0.465 e. The van der Waals surface area contributed by atoms with Gasteiger partial charge >= 0.3 is 5.97 Å². The molecule has 0 N–H and O–H groups in total. The number of oxime groups is 1. The lowest BCUT2D eigenvalue weighted by atomic mass is 10.2. The summed E-state index contributed by atoms with van der Waals surface area (Å²) in [5, 5.41) is 14.0. The second-order valence-corrected chi connectivity index (χ2v) is 6.39. The number of hydrogen-bond donors (Lipinski definition) is 0. The van der Waals surface area contributed by atoms with Crippen LogP contribution in [0.25, 0.3) is 0 Å². The summed E-state index contributed by atoms with van der Waals surface area (Å²) < 4.78 is 5.05. The summed E-state index contributed by atoms with van der Waals surface area (Å²) in [5.41, 5.74) is 0.935. The van der Waals surface area contributed by atoms with Crippen LogP contribution in [0.3, 0.4) is 0 Å². The summed E-state index contributed by atoms with van der Waals surface area (Å²) in [6, 6.07) is 18.7. The first kappa shape index (κ1) is 20.0. The average Bonchev–Trinajstić information content (AvgIpc) is 2.68. The van der Waals surface area contributed by atoms with Crippen LogP contribution in [0.2, 0.25) is 0 Å². The van der Waals surface area contributed by atoms with Gasteiger partial charge in [-0.25, -0.2) is 0 Å². The molecular weight excluding hydrogens is 354 g/mol. The summed E-state index contributed by atoms with van der Waals surface area (Å²) in [7, 11) is 0. The predicted octanol–water partition coefficient (Wildman–Crippen LogP) is 3.64. The zero-order chi connectivity index (χ0) is 18.6. The standard InChI is InChI=1S/C19H20NO5S/c1-2-23-19(21)18(26-16-11-7-4-8-12-16)17(25-22)13-20-24-14-15-9-5-3-6-10-15/h3-13,17-18H,2,14H2,1H3/b20-13+/t17-,18+/m0/s1. The monoisotopic (exact) mass is 374 g/mol. The van der Waals surface area contributed by atoms with Gasteiger partial charge in [0.05, 0.1) is 12.8 Å². The molecule has 0 spiro atoms. The molecule has 0 aliphatic heterocycles. The van der Waals surface area contributed by atoms with Crippen molar-refractivity contribution in [1.29, 1.82) is 0 Å². The highest BCUT2D eigenvalue weighted by Crippen LogP contribution is 2.27. The number of ether oxygens (including phenoxy) is 1. The van der Waals surface area contributed by atoms with E-state index in [4.69, 9.17) is 9.57 Å². The number of benzene rings is 2. The van der Waals surface area contributed by atoms with Gasteiger partial charge in [0.2, 0.25) is 0 Å². The molecule has 2 aromatic carbocycles. The summed E-state index contributed by atoms with van der Waals surface area (Å²) in [4.78, 5) is 22.4. The molecule has 0 aromatic heterocycles. The molecular formula is C19H20NO5S. The first-order valence-electron chi connectivity index (χ1n) is 8.11. The van der Waals surface area contributed by atoms with E-state index in [1.54, 1.807) is 6.92 Å². The fraction of sp³-hybridized carbons (Fsp3) is 0.263. The molecule has 0 unspecified atom stereocenters. The topological polar surface area (TPSA) is 77.0 Å². The van der Waals surface area contributed by atoms with E-state index in [-0.39, 0.29) is 13.2 Å². The quantitative estimate of drug-likeness (QED) is 0.209. The largest absolute Gasteiger partial charge is 0.465 e. The van der Waals surface area contributed by atoms with Crippen molar-refractivity contribution in [1.82, 2.24) is 0 Å². The fourth-order valence-electron chi connectivity index (χ4n) is 2.06. The van der Waals surface area contributed by atoms with Gasteiger partial charge in [0.15, 0.2) is 6.10 Å². The highest BCUT2D eigenvalue weighted by molar-refractivity contribution is 8.00. The van der Waals surface area contributed by atoms with Crippen molar-refractivity contribution >= 4 is 23.9 Å². The first-order chi connectivity index (χ1) is 12.7. The van der Waals surface area contributed by atoms with Gasteiger partial charge in [-0.3, -0.25) is 4.79 Å². The minimum absolute atomic E-state index is 0.206. The van der Waals surface area contributed by atoms with Crippen LogP contribution in [0.5, 0.6) is 0 Å². The molecule has 0 saturated carbocycles. The molecule has 2 atom stereocenters. The summed E-state index contributed by atoms with van der Waals surface area (Å²) in [5.74, 6) is -0.545. The molecule has 0 bridgehead atoms. The van der Waals surface area contributed by atoms with E-state index in [0.29, 0.717) is 0 Å². The Labute approximate surface area is 156 Å². The van der Waals surface area contributed by atoms with Gasteiger partial charge in [0, 0.05) is 4.90 Å². The van der Waals surface area contributed by atoms with E-state index in [9.17, 15) is 10.1 Å². The van der Waals surface area contributed by atoms with Crippen molar-refractivity contribution in [2.75, 3.05) is 6.61 Å². The molecule has 6 nitrogen and oxygen atoms in total. The maximum atomic E-state index is 12.2. The van der Waals surface area contributed by atoms with E-state index in [1.807, 2.05) is 60.7 Å². The third kappa shape index (κ3) is 6.51. The lowest BCUT2D eigenvalue weighted by Gasteiger charge is -2.18. The lowest BCUT2D eigenvalue weighted by Crippen LogP contribution is -2.35. The third-order valence-electron chi connectivity index (χ3n) is 3.29. The molecule has 0 aliphatic carbocycles. The third-order valence-corrected chi connectivity index (χ3v) is 4.55. The maximum Gasteiger partial charge on any atom is 0.322 e. The Morgan fingerprint density at radius 3 is 2.38 bits per heavy atom. The Bertz CT molecular complexity index is 681. The van der Waals surface area contributed by atoms with Crippen LogP contribution in [0.1, 0.15) is 12.5 Å². The number of carbonyl (C=O) groups excluding carboxylic acids is 1. The molecule has 2 rings (SSSR count). The summed E-state index contributed by atoms with van der Waals surface area (Å²) >= 11 is 1.18. The number of nitrogens with zero attached hydrogens (tertiary/aromatic N) is 1.